The van der Waals surface area contributed by atoms with E-state index in [0.29, 0.717) is 41.7 Å². The van der Waals surface area contributed by atoms with Gasteiger partial charge >= 0.3 is 0 Å². The molecule has 2 aromatic carbocycles. The Morgan fingerprint density at radius 2 is 1.71 bits per heavy atom. The van der Waals surface area contributed by atoms with E-state index in [2.05, 4.69) is 10.3 Å². The Morgan fingerprint density at radius 3 is 2.29 bits per heavy atom. The van der Waals surface area contributed by atoms with Crippen LogP contribution in [0, 0.1) is 0 Å². The first-order valence-corrected chi connectivity index (χ1v) is 11.0. The van der Waals surface area contributed by atoms with E-state index in [9.17, 15) is 9.59 Å². The number of amides is 1. The minimum absolute atomic E-state index is 0.203. The van der Waals surface area contributed by atoms with Crippen molar-refractivity contribution in [1.29, 1.82) is 0 Å². The first-order valence-electron chi connectivity index (χ1n) is 11.0. The summed E-state index contributed by atoms with van der Waals surface area (Å²) in [4.78, 5) is 29.1. The van der Waals surface area contributed by atoms with Gasteiger partial charge in [-0.2, -0.15) is 0 Å². The van der Waals surface area contributed by atoms with Gasteiger partial charge in [-0.05, 0) is 55.0 Å². The Morgan fingerprint density at radius 1 is 1.03 bits per heavy atom. The van der Waals surface area contributed by atoms with Crippen LogP contribution in [0.15, 0.2) is 59.7 Å². The van der Waals surface area contributed by atoms with Crippen molar-refractivity contribution in [3.05, 3.63) is 70.8 Å². The summed E-state index contributed by atoms with van der Waals surface area (Å²) in [6.07, 6.45) is 4.52. The number of carbonyl (C=O) groups is 1. The number of hydrogen-bond acceptors (Lipinski definition) is 7. The molecule has 0 aliphatic carbocycles. The Labute approximate surface area is 203 Å². The highest BCUT2D eigenvalue weighted by atomic mass is 16.5. The van der Waals surface area contributed by atoms with E-state index in [-0.39, 0.29) is 18.0 Å². The van der Waals surface area contributed by atoms with Crippen LogP contribution in [0.3, 0.4) is 0 Å². The maximum atomic E-state index is 12.5. The maximum Gasteiger partial charge on any atom is 0.253 e. The molecular weight excluding hydrogens is 450 g/mol. The molecule has 0 saturated carbocycles. The lowest BCUT2D eigenvalue weighted by atomic mass is 10.1. The zero-order valence-electron chi connectivity index (χ0n) is 20.2. The lowest BCUT2D eigenvalue weighted by Crippen LogP contribution is -2.29. The number of benzene rings is 2. The van der Waals surface area contributed by atoms with Crippen molar-refractivity contribution in [3.8, 4) is 34.3 Å². The van der Waals surface area contributed by atoms with Gasteiger partial charge in [0.25, 0.3) is 5.56 Å². The molecule has 0 saturated heterocycles. The second-order valence-corrected chi connectivity index (χ2v) is 7.35. The average Bonchev–Trinajstić information content (AvgIpc) is 2.88. The molecule has 0 spiro atoms. The molecule has 35 heavy (non-hydrogen) atoms. The van der Waals surface area contributed by atoms with E-state index in [4.69, 9.17) is 18.9 Å². The van der Waals surface area contributed by atoms with Crippen LogP contribution >= 0.6 is 0 Å². The number of ether oxygens (including phenoxy) is 4. The SMILES string of the molecule is CCOc1ccc(-c2cc(=O)n(CCNC(=O)/C=C/c3cc(OC)c(OC)c(OC)c3)cn2)cc1. The zero-order valence-corrected chi connectivity index (χ0v) is 20.2. The van der Waals surface area contributed by atoms with Crippen LogP contribution in [-0.2, 0) is 11.3 Å². The first-order chi connectivity index (χ1) is 17.0. The van der Waals surface area contributed by atoms with Crippen molar-refractivity contribution in [3.63, 3.8) is 0 Å². The van der Waals surface area contributed by atoms with Gasteiger partial charge in [-0.3, -0.25) is 14.2 Å². The van der Waals surface area contributed by atoms with Gasteiger partial charge in [-0.1, -0.05) is 0 Å². The first kappa shape index (κ1) is 25.4. The highest BCUT2D eigenvalue weighted by Crippen LogP contribution is 2.38. The molecule has 9 nitrogen and oxygen atoms in total. The molecule has 0 fully saturated rings. The normalized spacial score (nSPS) is 10.7. The molecule has 3 aromatic rings. The third-order valence-corrected chi connectivity index (χ3v) is 5.11. The van der Waals surface area contributed by atoms with Crippen molar-refractivity contribution in [2.45, 2.75) is 13.5 Å². The standard InChI is InChI=1S/C26H29N3O6/c1-5-35-20-9-7-19(8-10-20)21-16-25(31)29(17-28-21)13-12-27-24(30)11-6-18-14-22(32-2)26(34-4)23(15-18)33-3/h6-11,14-17H,5,12-13H2,1-4H3,(H,27,30)/b11-6+. The van der Waals surface area contributed by atoms with Gasteiger partial charge in [0.1, 0.15) is 5.75 Å². The van der Waals surface area contributed by atoms with Crippen LogP contribution in [0.1, 0.15) is 12.5 Å². The van der Waals surface area contributed by atoms with E-state index in [1.54, 1.807) is 18.2 Å². The minimum atomic E-state index is -0.300. The van der Waals surface area contributed by atoms with E-state index in [1.165, 1.54) is 44.4 Å². The van der Waals surface area contributed by atoms with Gasteiger partial charge in [-0.15, -0.1) is 0 Å². The van der Waals surface area contributed by atoms with E-state index in [0.717, 1.165) is 11.3 Å². The topological polar surface area (TPSA) is 101 Å². The summed E-state index contributed by atoms with van der Waals surface area (Å²) in [6.45, 7) is 3.07. The van der Waals surface area contributed by atoms with Crippen LogP contribution in [0.2, 0.25) is 0 Å². The Kier molecular flexibility index (Phi) is 8.89. The van der Waals surface area contributed by atoms with Gasteiger partial charge < -0.3 is 24.3 Å². The third-order valence-electron chi connectivity index (χ3n) is 5.11. The van der Waals surface area contributed by atoms with Crippen LogP contribution in [0.4, 0.5) is 0 Å². The molecule has 3 rings (SSSR count). The Bertz CT molecular complexity index is 1210. The fraction of sp³-hybridized carbons (Fsp3) is 0.269. The Hall–Kier alpha value is -4.27. The number of hydrogen-bond donors (Lipinski definition) is 1. The smallest absolute Gasteiger partial charge is 0.253 e. The average molecular weight is 480 g/mol. The van der Waals surface area contributed by atoms with Crippen molar-refractivity contribution in [2.75, 3.05) is 34.5 Å². The summed E-state index contributed by atoms with van der Waals surface area (Å²) < 4.78 is 22.8. The van der Waals surface area contributed by atoms with Gasteiger partial charge in [-0.25, -0.2) is 4.98 Å². The molecule has 0 aliphatic heterocycles. The maximum absolute atomic E-state index is 12.5. The number of rotatable bonds is 11. The van der Waals surface area contributed by atoms with E-state index < -0.39 is 0 Å². The molecule has 9 heteroatoms. The van der Waals surface area contributed by atoms with Crippen molar-refractivity contribution in [2.24, 2.45) is 0 Å². The number of nitrogens with zero attached hydrogens (tertiary/aromatic N) is 2. The van der Waals surface area contributed by atoms with Crippen molar-refractivity contribution in [1.82, 2.24) is 14.9 Å². The molecule has 1 N–H and O–H groups in total. The van der Waals surface area contributed by atoms with Crippen LogP contribution in [0.5, 0.6) is 23.0 Å². The highest BCUT2D eigenvalue weighted by Gasteiger charge is 2.12. The molecule has 184 valence electrons. The van der Waals surface area contributed by atoms with Gasteiger partial charge in [0, 0.05) is 30.8 Å². The quantitative estimate of drug-likeness (QED) is 0.422. The van der Waals surface area contributed by atoms with Crippen molar-refractivity contribution >= 4 is 12.0 Å². The molecule has 1 heterocycles. The molecule has 0 radical (unpaired) electrons. The molecule has 0 bridgehead atoms. The number of carbonyl (C=O) groups excluding carboxylic acids is 1. The van der Waals surface area contributed by atoms with Crippen molar-refractivity contribution < 1.29 is 23.7 Å². The zero-order chi connectivity index (χ0) is 25.2. The molecule has 1 amide bonds. The van der Waals surface area contributed by atoms with Crippen LogP contribution in [-0.4, -0.2) is 49.9 Å². The minimum Gasteiger partial charge on any atom is -0.494 e. The Balaban J connectivity index is 1.58. The summed E-state index contributed by atoms with van der Waals surface area (Å²) in [7, 11) is 4.58. The summed E-state index contributed by atoms with van der Waals surface area (Å²) >= 11 is 0. The molecule has 0 unspecified atom stereocenters. The van der Waals surface area contributed by atoms with Gasteiger partial charge in [0.2, 0.25) is 11.7 Å². The third kappa shape index (κ3) is 6.63. The summed E-state index contributed by atoms with van der Waals surface area (Å²) in [5.74, 6) is 1.93. The lowest BCUT2D eigenvalue weighted by Gasteiger charge is -2.12. The number of methoxy groups -OCH3 is 3. The second kappa shape index (κ2) is 12.3. The highest BCUT2D eigenvalue weighted by molar-refractivity contribution is 5.91. The second-order valence-electron chi connectivity index (χ2n) is 7.35. The fourth-order valence-electron chi connectivity index (χ4n) is 3.37. The van der Waals surface area contributed by atoms with Gasteiger partial charge in [0.05, 0.1) is 40.0 Å². The van der Waals surface area contributed by atoms with E-state index >= 15 is 0 Å². The lowest BCUT2D eigenvalue weighted by molar-refractivity contribution is -0.116. The monoisotopic (exact) mass is 479 g/mol. The largest absolute Gasteiger partial charge is 0.494 e. The molecule has 1 aromatic heterocycles. The molecular formula is C26H29N3O6. The fourth-order valence-corrected chi connectivity index (χ4v) is 3.37. The predicted molar refractivity (Wildman–Crippen MR) is 133 cm³/mol. The predicted octanol–water partition coefficient (Wildman–Crippen LogP) is 3.16. The van der Waals surface area contributed by atoms with Crippen LogP contribution < -0.4 is 29.8 Å². The molecule has 0 atom stereocenters. The summed E-state index contributed by atoms with van der Waals surface area (Å²) in [6, 6.07) is 12.3. The summed E-state index contributed by atoms with van der Waals surface area (Å²) in [5, 5.41) is 2.76. The van der Waals surface area contributed by atoms with E-state index in [1.807, 2.05) is 31.2 Å². The molecule has 0 aliphatic rings. The number of nitrogens with one attached hydrogen (secondary N) is 1. The summed E-state index contributed by atoms with van der Waals surface area (Å²) in [5.41, 5.74) is 1.90. The van der Waals surface area contributed by atoms with Crippen LogP contribution in [0.25, 0.3) is 17.3 Å². The van der Waals surface area contributed by atoms with Gasteiger partial charge in [0.15, 0.2) is 11.5 Å². The number of aromatic nitrogens is 2.